The zero-order chi connectivity index (χ0) is 14.6. The smallest absolute Gasteiger partial charge is 0.407 e. The fourth-order valence-electron chi connectivity index (χ4n) is 2.32. The summed E-state index contributed by atoms with van der Waals surface area (Å²) < 4.78 is 5.30. The lowest BCUT2D eigenvalue weighted by atomic mass is 10.1. The van der Waals surface area contributed by atoms with Crippen molar-refractivity contribution >= 4 is 11.9 Å². The van der Waals surface area contributed by atoms with Gasteiger partial charge in [-0.1, -0.05) is 6.07 Å². The lowest BCUT2D eigenvalue weighted by Gasteiger charge is -2.34. The SMILES string of the molecule is CC(C)(C)OC(=O)N[C@H]1CCCN(c2ccccn2)C1. The first-order valence-electron chi connectivity index (χ1n) is 7.09. The summed E-state index contributed by atoms with van der Waals surface area (Å²) >= 11 is 0. The molecule has 1 aliphatic heterocycles. The molecule has 1 amide bonds. The van der Waals surface area contributed by atoms with Gasteiger partial charge in [-0.2, -0.15) is 0 Å². The molecule has 5 heteroatoms. The number of anilines is 1. The Hall–Kier alpha value is -1.78. The zero-order valence-corrected chi connectivity index (χ0v) is 12.4. The molecule has 110 valence electrons. The van der Waals surface area contributed by atoms with Crippen LogP contribution in [0.2, 0.25) is 0 Å². The number of amides is 1. The Morgan fingerprint density at radius 3 is 2.90 bits per heavy atom. The first-order chi connectivity index (χ1) is 9.44. The van der Waals surface area contributed by atoms with E-state index in [1.165, 1.54) is 0 Å². The number of nitrogens with one attached hydrogen (secondary N) is 1. The van der Waals surface area contributed by atoms with Crippen LogP contribution in [0, 0.1) is 0 Å². The third-order valence-electron chi connectivity index (χ3n) is 3.12. The Kier molecular flexibility index (Phi) is 4.47. The van der Waals surface area contributed by atoms with Crippen LogP contribution in [0.15, 0.2) is 24.4 Å². The van der Waals surface area contributed by atoms with Crippen LogP contribution in [0.25, 0.3) is 0 Å². The van der Waals surface area contributed by atoms with Gasteiger partial charge in [0.15, 0.2) is 0 Å². The average molecular weight is 277 g/mol. The standard InChI is InChI=1S/C15H23N3O2/c1-15(2,3)20-14(19)17-12-7-6-10-18(11-12)13-8-4-5-9-16-13/h4-5,8-9,12H,6-7,10-11H2,1-3H3,(H,17,19)/t12-/m0/s1. The largest absolute Gasteiger partial charge is 0.444 e. The molecule has 1 N–H and O–H groups in total. The molecule has 2 rings (SSSR count). The van der Waals surface area contributed by atoms with Crippen LogP contribution in [0.3, 0.4) is 0 Å². The molecule has 0 aliphatic carbocycles. The maximum absolute atomic E-state index is 11.8. The summed E-state index contributed by atoms with van der Waals surface area (Å²) in [7, 11) is 0. The summed E-state index contributed by atoms with van der Waals surface area (Å²) in [5.41, 5.74) is -0.459. The second-order valence-corrected chi connectivity index (χ2v) is 6.12. The Morgan fingerprint density at radius 1 is 1.45 bits per heavy atom. The summed E-state index contributed by atoms with van der Waals surface area (Å²) in [4.78, 5) is 18.4. The molecule has 1 saturated heterocycles. The molecule has 1 fully saturated rings. The number of hydrogen-bond donors (Lipinski definition) is 1. The van der Waals surface area contributed by atoms with Crippen LogP contribution in [-0.2, 0) is 4.74 Å². The van der Waals surface area contributed by atoms with E-state index < -0.39 is 5.60 Å². The van der Waals surface area contributed by atoms with Gasteiger partial charge in [0.25, 0.3) is 0 Å². The van der Waals surface area contributed by atoms with Gasteiger partial charge in [-0.25, -0.2) is 9.78 Å². The van der Waals surface area contributed by atoms with Crippen molar-refractivity contribution in [3.8, 4) is 0 Å². The normalized spacial score (nSPS) is 19.6. The average Bonchev–Trinajstić information content (AvgIpc) is 2.38. The maximum Gasteiger partial charge on any atom is 0.407 e. The van der Waals surface area contributed by atoms with Crippen molar-refractivity contribution in [3.63, 3.8) is 0 Å². The molecule has 20 heavy (non-hydrogen) atoms. The third-order valence-corrected chi connectivity index (χ3v) is 3.12. The van der Waals surface area contributed by atoms with Gasteiger partial charge in [-0.15, -0.1) is 0 Å². The van der Waals surface area contributed by atoms with E-state index in [4.69, 9.17) is 4.74 Å². The molecule has 0 unspecified atom stereocenters. The number of aromatic nitrogens is 1. The van der Waals surface area contributed by atoms with Gasteiger partial charge in [0.1, 0.15) is 11.4 Å². The topological polar surface area (TPSA) is 54.5 Å². The van der Waals surface area contributed by atoms with Gasteiger partial charge in [0.05, 0.1) is 0 Å². The molecule has 1 aliphatic rings. The van der Waals surface area contributed by atoms with E-state index in [9.17, 15) is 4.79 Å². The molecule has 0 spiro atoms. The lowest BCUT2D eigenvalue weighted by Crippen LogP contribution is -2.49. The van der Waals surface area contributed by atoms with E-state index in [-0.39, 0.29) is 12.1 Å². The van der Waals surface area contributed by atoms with Gasteiger partial charge in [-0.3, -0.25) is 0 Å². The molecule has 0 saturated carbocycles. The van der Waals surface area contributed by atoms with Crippen molar-refractivity contribution in [2.75, 3.05) is 18.0 Å². The van der Waals surface area contributed by atoms with Crippen molar-refractivity contribution in [2.45, 2.75) is 45.3 Å². The molecule has 1 aromatic heterocycles. The number of rotatable bonds is 2. The molecule has 0 aromatic carbocycles. The van der Waals surface area contributed by atoms with Crippen LogP contribution >= 0.6 is 0 Å². The van der Waals surface area contributed by atoms with E-state index in [2.05, 4.69) is 15.2 Å². The maximum atomic E-state index is 11.8. The van der Waals surface area contributed by atoms with Crippen molar-refractivity contribution in [3.05, 3.63) is 24.4 Å². The van der Waals surface area contributed by atoms with E-state index in [0.717, 1.165) is 31.7 Å². The minimum Gasteiger partial charge on any atom is -0.444 e. The first kappa shape index (κ1) is 14.6. The highest BCUT2D eigenvalue weighted by atomic mass is 16.6. The van der Waals surface area contributed by atoms with Gasteiger partial charge >= 0.3 is 6.09 Å². The molecule has 2 heterocycles. The Bertz CT molecular complexity index is 442. The fourth-order valence-corrected chi connectivity index (χ4v) is 2.32. The van der Waals surface area contributed by atoms with Gasteiger partial charge < -0.3 is 15.0 Å². The van der Waals surface area contributed by atoms with Gasteiger partial charge in [-0.05, 0) is 45.7 Å². The van der Waals surface area contributed by atoms with Crippen LogP contribution in [0.4, 0.5) is 10.6 Å². The first-order valence-corrected chi connectivity index (χ1v) is 7.09. The minimum absolute atomic E-state index is 0.112. The number of carbonyl (C=O) groups excluding carboxylic acids is 1. The van der Waals surface area contributed by atoms with Gasteiger partial charge in [0, 0.05) is 25.3 Å². The van der Waals surface area contributed by atoms with Crippen LogP contribution in [0.1, 0.15) is 33.6 Å². The van der Waals surface area contributed by atoms with E-state index in [0.29, 0.717) is 0 Å². The predicted molar refractivity (Wildman–Crippen MR) is 78.8 cm³/mol. The van der Waals surface area contributed by atoms with Crippen LogP contribution in [-0.4, -0.2) is 35.8 Å². The highest BCUT2D eigenvalue weighted by Crippen LogP contribution is 2.17. The quantitative estimate of drug-likeness (QED) is 0.902. The van der Waals surface area contributed by atoms with Crippen molar-refractivity contribution < 1.29 is 9.53 Å². The molecule has 1 aromatic rings. The second kappa shape index (κ2) is 6.11. The highest BCUT2D eigenvalue weighted by Gasteiger charge is 2.24. The van der Waals surface area contributed by atoms with Crippen molar-refractivity contribution in [2.24, 2.45) is 0 Å². The summed E-state index contributed by atoms with van der Waals surface area (Å²) in [5, 5.41) is 2.94. The summed E-state index contributed by atoms with van der Waals surface area (Å²) in [6.45, 7) is 7.36. The fraction of sp³-hybridized carbons (Fsp3) is 0.600. The Balaban J connectivity index is 1.89. The summed E-state index contributed by atoms with van der Waals surface area (Å²) in [6.07, 6.45) is 3.46. The van der Waals surface area contributed by atoms with Crippen molar-refractivity contribution in [1.29, 1.82) is 0 Å². The number of piperidine rings is 1. The monoisotopic (exact) mass is 277 g/mol. The number of pyridine rings is 1. The number of hydrogen-bond acceptors (Lipinski definition) is 4. The Labute approximate surface area is 120 Å². The van der Waals surface area contributed by atoms with Crippen LogP contribution in [0.5, 0.6) is 0 Å². The zero-order valence-electron chi connectivity index (χ0n) is 12.4. The molecular formula is C15H23N3O2. The summed E-state index contributed by atoms with van der Waals surface area (Å²) in [5.74, 6) is 0.961. The third kappa shape index (κ3) is 4.40. The van der Waals surface area contributed by atoms with Gasteiger partial charge in [0.2, 0.25) is 0 Å². The van der Waals surface area contributed by atoms with Crippen molar-refractivity contribution in [1.82, 2.24) is 10.3 Å². The molecule has 0 bridgehead atoms. The minimum atomic E-state index is -0.459. The van der Waals surface area contributed by atoms with E-state index in [1.54, 1.807) is 6.20 Å². The predicted octanol–water partition coefficient (Wildman–Crippen LogP) is 2.58. The second-order valence-electron chi connectivity index (χ2n) is 6.12. The molecule has 1 atom stereocenters. The number of nitrogens with zero attached hydrogens (tertiary/aromatic N) is 2. The molecular weight excluding hydrogens is 254 g/mol. The highest BCUT2D eigenvalue weighted by molar-refractivity contribution is 5.68. The number of carbonyl (C=O) groups is 1. The van der Waals surface area contributed by atoms with Crippen LogP contribution < -0.4 is 10.2 Å². The molecule has 0 radical (unpaired) electrons. The molecule has 5 nitrogen and oxygen atoms in total. The van der Waals surface area contributed by atoms with E-state index in [1.807, 2.05) is 39.0 Å². The van der Waals surface area contributed by atoms with E-state index >= 15 is 0 Å². The lowest BCUT2D eigenvalue weighted by molar-refractivity contribution is 0.0500. The Morgan fingerprint density at radius 2 is 2.25 bits per heavy atom. The number of alkyl carbamates (subject to hydrolysis) is 1. The number of ether oxygens (including phenoxy) is 1. The summed E-state index contributed by atoms with van der Waals surface area (Å²) in [6, 6.07) is 5.99.